The third-order valence-corrected chi connectivity index (χ3v) is 10.8. The van der Waals surface area contributed by atoms with Crippen molar-refractivity contribution in [3.8, 4) is 5.75 Å². The van der Waals surface area contributed by atoms with Crippen LogP contribution in [0.25, 0.3) is 11.6 Å². The van der Waals surface area contributed by atoms with E-state index in [0.29, 0.717) is 19.3 Å². The van der Waals surface area contributed by atoms with Gasteiger partial charge in [-0.15, -0.1) is 0 Å². The normalized spacial score (nSPS) is 25.4. The van der Waals surface area contributed by atoms with Crippen molar-refractivity contribution < 1.29 is 29.5 Å². The van der Waals surface area contributed by atoms with Crippen molar-refractivity contribution in [2.24, 2.45) is 17.8 Å². The Balaban J connectivity index is 1.09. The Kier molecular flexibility index (Phi) is 9.64. The topological polar surface area (TPSA) is 111 Å². The fourth-order valence-electron chi connectivity index (χ4n) is 8.48. The van der Waals surface area contributed by atoms with E-state index in [1.807, 2.05) is 48.5 Å². The fourth-order valence-corrected chi connectivity index (χ4v) is 8.48. The largest absolute Gasteiger partial charge is 0.508 e. The Hall–Kier alpha value is -4.02. The molecule has 3 N–H and O–H groups in total. The minimum atomic E-state index is -1.07. The second-order valence-corrected chi connectivity index (χ2v) is 13.7. The van der Waals surface area contributed by atoms with Gasteiger partial charge in [0, 0.05) is 25.7 Å². The monoisotopic (exact) mass is 646 g/mol. The van der Waals surface area contributed by atoms with Gasteiger partial charge < -0.3 is 19.9 Å². The summed E-state index contributed by atoms with van der Waals surface area (Å²) < 4.78 is 6.17. The van der Waals surface area contributed by atoms with Crippen LogP contribution in [-0.4, -0.2) is 75.8 Å². The third kappa shape index (κ3) is 6.65. The first-order valence-corrected chi connectivity index (χ1v) is 17.2. The van der Waals surface area contributed by atoms with Crippen LogP contribution in [0.1, 0.15) is 48.8 Å². The maximum Gasteiger partial charge on any atom is 0.455 e. The first-order valence-electron chi connectivity index (χ1n) is 17.2. The lowest BCUT2D eigenvalue weighted by atomic mass is 9.58. The second kappa shape index (κ2) is 14.2. The van der Waals surface area contributed by atoms with Gasteiger partial charge in [0.1, 0.15) is 5.75 Å². The molecule has 8 nitrogen and oxygen atoms in total. The summed E-state index contributed by atoms with van der Waals surface area (Å²) in [5.74, 6) is -1.48. The van der Waals surface area contributed by atoms with Crippen molar-refractivity contribution in [3.05, 3.63) is 113 Å². The van der Waals surface area contributed by atoms with Gasteiger partial charge in [-0.1, -0.05) is 78.9 Å². The quantitative estimate of drug-likeness (QED) is 0.127. The van der Waals surface area contributed by atoms with Gasteiger partial charge in [-0.25, -0.2) is 0 Å². The molecule has 0 radical (unpaired) electrons. The van der Waals surface area contributed by atoms with E-state index in [1.54, 1.807) is 17.0 Å². The summed E-state index contributed by atoms with van der Waals surface area (Å²) >= 11 is 0. The zero-order valence-electron chi connectivity index (χ0n) is 27.2. The average Bonchev–Trinajstić information content (AvgIpc) is 3.36. The Bertz CT molecular complexity index is 1670. The molecular weight excluding hydrogens is 603 g/mol. The lowest BCUT2D eigenvalue weighted by Crippen LogP contribution is -2.48. The number of fused-ring (bicyclic) bond motifs is 3. The number of aromatic hydroxyl groups is 1. The summed E-state index contributed by atoms with van der Waals surface area (Å²) in [5, 5.41) is 31.4. The molecule has 248 valence electrons. The van der Waals surface area contributed by atoms with E-state index >= 15 is 0 Å². The predicted octanol–water partition coefficient (Wildman–Crippen LogP) is 5.17. The smallest absolute Gasteiger partial charge is 0.455 e. The average molecular weight is 647 g/mol. The van der Waals surface area contributed by atoms with Gasteiger partial charge in [-0.2, -0.15) is 0 Å². The SMILES string of the molecule is O=C1[C@@H]2[C@@H](CC(CO)=C3[C@@H](CC/C(=C/c4ccc(O)cc4)c4ccccc4)OB(O)C[C@@H]32)C(=O)N1C1CCN(Cc2ccccc2)CC1. The molecule has 3 aromatic carbocycles. The summed E-state index contributed by atoms with van der Waals surface area (Å²) in [4.78, 5) is 32.1. The molecule has 4 aliphatic rings. The third-order valence-electron chi connectivity index (χ3n) is 10.8. The highest BCUT2D eigenvalue weighted by atomic mass is 16.5. The van der Waals surface area contributed by atoms with Crippen molar-refractivity contribution in [2.75, 3.05) is 19.7 Å². The number of nitrogens with zero attached hydrogens (tertiary/aromatic N) is 2. The summed E-state index contributed by atoms with van der Waals surface area (Å²) in [6.07, 6.45) is 4.80. The van der Waals surface area contributed by atoms with Crippen molar-refractivity contribution in [3.63, 3.8) is 0 Å². The zero-order chi connectivity index (χ0) is 33.2. The first-order chi connectivity index (χ1) is 23.4. The summed E-state index contributed by atoms with van der Waals surface area (Å²) in [6.45, 7) is 2.28. The molecule has 3 fully saturated rings. The number of hydrogen-bond donors (Lipinski definition) is 3. The van der Waals surface area contributed by atoms with Crippen LogP contribution >= 0.6 is 0 Å². The predicted molar refractivity (Wildman–Crippen MR) is 185 cm³/mol. The van der Waals surface area contributed by atoms with Gasteiger partial charge in [-0.3, -0.25) is 19.4 Å². The summed E-state index contributed by atoms with van der Waals surface area (Å²) in [6, 6.07) is 27.3. The van der Waals surface area contributed by atoms with E-state index in [2.05, 4.69) is 35.2 Å². The summed E-state index contributed by atoms with van der Waals surface area (Å²) in [7, 11) is -1.07. The molecular formula is C39H43BN2O6. The second-order valence-electron chi connectivity index (χ2n) is 13.7. The lowest BCUT2D eigenvalue weighted by Gasteiger charge is -2.43. The zero-order valence-corrected chi connectivity index (χ0v) is 27.2. The van der Waals surface area contributed by atoms with Gasteiger partial charge in [0.2, 0.25) is 11.8 Å². The van der Waals surface area contributed by atoms with Crippen LogP contribution in [0.4, 0.5) is 0 Å². The van der Waals surface area contributed by atoms with Gasteiger partial charge in [0.05, 0.1) is 24.5 Å². The van der Waals surface area contributed by atoms with E-state index in [-0.39, 0.29) is 42.5 Å². The molecule has 48 heavy (non-hydrogen) atoms. The number of hydrogen-bond acceptors (Lipinski definition) is 7. The number of allylic oxidation sites excluding steroid dienone is 1. The molecule has 0 saturated carbocycles. The van der Waals surface area contributed by atoms with Crippen molar-refractivity contribution in [1.29, 1.82) is 0 Å². The maximum absolute atomic E-state index is 14.2. The van der Waals surface area contributed by atoms with Gasteiger partial charge in [-0.05, 0) is 89.9 Å². The Morgan fingerprint density at radius 1 is 0.896 bits per heavy atom. The number of benzene rings is 3. The number of carbonyl (C=O) groups is 2. The minimum Gasteiger partial charge on any atom is -0.508 e. The molecule has 1 aliphatic carbocycles. The van der Waals surface area contributed by atoms with Crippen LogP contribution in [-0.2, 0) is 20.8 Å². The first kappa shape index (κ1) is 32.5. The fraction of sp³-hybridized carbons (Fsp3) is 0.385. The minimum absolute atomic E-state index is 0.128. The van der Waals surface area contributed by atoms with Crippen LogP contribution in [0.5, 0.6) is 5.75 Å². The Morgan fingerprint density at radius 3 is 2.27 bits per heavy atom. The molecule has 3 aromatic rings. The number of phenols is 1. The number of aliphatic hydroxyl groups is 1. The number of piperidine rings is 1. The molecule has 9 heteroatoms. The van der Waals surface area contributed by atoms with Gasteiger partial charge in [0.25, 0.3) is 0 Å². The molecule has 0 aromatic heterocycles. The number of imide groups is 1. The molecule has 4 atom stereocenters. The van der Waals surface area contributed by atoms with E-state index < -0.39 is 25.1 Å². The Labute approximate surface area is 282 Å². The highest BCUT2D eigenvalue weighted by Crippen LogP contribution is 2.51. The maximum atomic E-state index is 14.2. The van der Waals surface area contributed by atoms with E-state index in [0.717, 1.165) is 60.3 Å². The highest BCUT2D eigenvalue weighted by molar-refractivity contribution is 6.43. The Morgan fingerprint density at radius 2 is 1.58 bits per heavy atom. The van der Waals surface area contributed by atoms with Gasteiger partial charge >= 0.3 is 7.12 Å². The van der Waals surface area contributed by atoms with Crippen LogP contribution in [0.2, 0.25) is 6.32 Å². The molecule has 3 aliphatic heterocycles. The lowest BCUT2D eigenvalue weighted by molar-refractivity contribution is -0.144. The molecule has 0 bridgehead atoms. The van der Waals surface area contributed by atoms with Crippen molar-refractivity contribution in [1.82, 2.24) is 9.80 Å². The molecule has 3 heterocycles. The molecule has 0 spiro atoms. The number of amides is 2. The molecule has 0 unspecified atom stereocenters. The van der Waals surface area contributed by atoms with Crippen molar-refractivity contribution in [2.45, 2.75) is 57.1 Å². The molecule has 2 amide bonds. The molecule has 3 saturated heterocycles. The highest BCUT2D eigenvalue weighted by Gasteiger charge is 2.58. The standard InChI is InChI=1S/C39H43BN2O6/c43-25-30-22-33-37(39(46)42(38(33)45)31-17-19-41(20-18-31)24-27-7-3-1-4-8-27)34-23-40(47)48-35(36(30)34)16-13-29(28-9-5-2-6-10-28)21-26-11-14-32(44)15-12-26/h1-12,14-15,21,31,33-35,37,43-44,47H,13,16-20,22-25H2/b29-21-/t33-,34+,35-,37-/m1/s1. The number of rotatable bonds is 9. The van der Waals surface area contributed by atoms with Crippen LogP contribution in [0.3, 0.4) is 0 Å². The van der Waals surface area contributed by atoms with Crippen LogP contribution in [0, 0.1) is 17.8 Å². The number of phenolic OH excluding ortho intramolecular Hbond substituents is 1. The van der Waals surface area contributed by atoms with Crippen molar-refractivity contribution >= 4 is 30.6 Å². The van der Waals surface area contributed by atoms with E-state index in [1.165, 1.54) is 5.56 Å². The van der Waals surface area contributed by atoms with E-state index in [9.17, 15) is 24.8 Å². The summed E-state index contributed by atoms with van der Waals surface area (Å²) in [5.41, 5.74) is 5.99. The number of aliphatic hydroxyl groups excluding tert-OH is 1. The van der Waals surface area contributed by atoms with Crippen LogP contribution < -0.4 is 0 Å². The van der Waals surface area contributed by atoms with E-state index in [4.69, 9.17) is 4.65 Å². The van der Waals surface area contributed by atoms with Crippen LogP contribution in [0.15, 0.2) is 96.1 Å². The van der Waals surface area contributed by atoms with Gasteiger partial charge in [0.15, 0.2) is 0 Å². The number of carbonyl (C=O) groups excluding carboxylic acids is 2. The molecule has 7 rings (SSSR count). The number of likely N-dealkylation sites (tertiary alicyclic amines) is 2.